The quantitative estimate of drug-likeness (QED) is 0.158. The monoisotopic (exact) mass is 961 g/mol. The van der Waals surface area contributed by atoms with Crippen LogP contribution in [-0.4, -0.2) is 135 Å². The van der Waals surface area contributed by atoms with Crippen molar-refractivity contribution in [3.8, 4) is 0 Å². The van der Waals surface area contributed by atoms with Gasteiger partial charge in [-0.25, -0.2) is 0 Å². The first-order valence-corrected chi connectivity index (χ1v) is 17.9. The average molecular weight is 963 g/mol. The summed E-state index contributed by atoms with van der Waals surface area (Å²) in [5, 5.41) is 23.7. The molecule has 3 heterocycles. The van der Waals surface area contributed by atoms with Gasteiger partial charge in [0.15, 0.2) is 17.3 Å². The van der Waals surface area contributed by atoms with Gasteiger partial charge < -0.3 is 21.2 Å². The molecule has 6 aliphatic rings. The van der Waals surface area contributed by atoms with Crippen molar-refractivity contribution >= 4 is 36.0 Å². The van der Waals surface area contributed by atoms with Gasteiger partial charge in [-0.2, -0.15) is 0 Å². The molecule has 17 heteroatoms. The van der Waals surface area contributed by atoms with Gasteiger partial charge in [-0.1, -0.05) is 0 Å². The Hall–Kier alpha value is -3.85. The maximum atomic E-state index is 13.3. The number of allylic oxidation sites excluding steroid dienone is 15. The van der Waals surface area contributed by atoms with Crippen molar-refractivity contribution in [2.75, 3.05) is 78.5 Å². The number of nitrogens with one attached hydrogen (secondary N) is 3. The largest absolute Gasteiger partial charge is 2.00 e. The SMILES string of the molecule is CC1=CC2=CNCCN3CCNC=C4C=C(C)C=C(C=NCCN(CCN=CC(=C1)C2=O)CCN=CC1=CC(C)=CC(=CNCC3)C1=O)C4=O.O=[N+]([O-])O.[Gd+2].[Zn]. The number of ketones is 3. The number of carbonyl (C=O) groups is 3. The Kier molecular flexibility index (Phi) is 21.9. The van der Waals surface area contributed by atoms with Crippen LogP contribution in [0.3, 0.4) is 0 Å². The van der Waals surface area contributed by atoms with Crippen LogP contribution in [0, 0.1) is 50.1 Å². The summed E-state index contributed by atoms with van der Waals surface area (Å²) in [7, 11) is 0. The van der Waals surface area contributed by atoms with Gasteiger partial charge in [0.1, 0.15) is 0 Å². The topological polar surface area (TPSA) is 194 Å². The number of aliphatic imine (C=N–C) groups is 3. The fourth-order valence-corrected chi connectivity index (χ4v) is 6.07. The molecule has 294 valence electrons. The molecule has 3 aliphatic carbocycles. The van der Waals surface area contributed by atoms with E-state index in [1.807, 2.05) is 57.2 Å². The molecule has 0 aromatic heterocycles. The Morgan fingerprint density at radius 1 is 0.554 bits per heavy atom. The second kappa shape index (κ2) is 25.4. The Morgan fingerprint density at radius 3 is 1.11 bits per heavy atom. The van der Waals surface area contributed by atoms with Crippen molar-refractivity contribution < 1.29 is 84.1 Å². The summed E-state index contributed by atoms with van der Waals surface area (Å²) in [6.45, 7) is 13.3. The molecule has 0 fully saturated rings. The summed E-state index contributed by atoms with van der Waals surface area (Å²) >= 11 is 0. The molecule has 56 heavy (non-hydrogen) atoms. The van der Waals surface area contributed by atoms with Gasteiger partial charge in [0.25, 0.3) is 5.09 Å². The first-order chi connectivity index (χ1) is 26.0. The number of fused-ring (bicyclic) bond motifs is 15. The number of rotatable bonds is 0. The van der Waals surface area contributed by atoms with E-state index in [2.05, 4.69) is 40.7 Å². The summed E-state index contributed by atoms with van der Waals surface area (Å²) < 4.78 is 0. The van der Waals surface area contributed by atoms with E-state index >= 15 is 0 Å². The van der Waals surface area contributed by atoms with Crippen LogP contribution in [-0.2, 0) is 33.9 Å². The van der Waals surface area contributed by atoms with Gasteiger partial charge in [-0.3, -0.25) is 39.2 Å². The third kappa shape index (κ3) is 16.3. The van der Waals surface area contributed by atoms with E-state index < -0.39 is 5.09 Å². The molecule has 0 unspecified atom stereocenters. The number of nitrogens with zero attached hydrogens (tertiary/aromatic N) is 6. The summed E-state index contributed by atoms with van der Waals surface area (Å²) in [4.78, 5) is 66.6. The molecule has 15 nitrogen and oxygen atoms in total. The van der Waals surface area contributed by atoms with Crippen LogP contribution in [0.15, 0.2) is 120 Å². The Labute approximate surface area is 372 Å². The minimum atomic E-state index is -1.50. The maximum absolute atomic E-state index is 13.3. The molecule has 8 bridgehead atoms. The van der Waals surface area contributed by atoms with E-state index in [0.717, 1.165) is 16.7 Å². The van der Waals surface area contributed by atoms with Crippen LogP contribution < -0.4 is 16.0 Å². The van der Waals surface area contributed by atoms with Crippen LogP contribution in [0.1, 0.15) is 20.8 Å². The van der Waals surface area contributed by atoms with E-state index in [1.165, 1.54) is 0 Å². The molecule has 3 aliphatic heterocycles. The van der Waals surface area contributed by atoms with Gasteiger partial charge in [-0.05, 0) is 73.9 Å². The summed E-state index contributed by atoms with van der Waals surface area (Å²) in [6, 6.07) is 0. The number of hydrogen-bond donors (Lipinski definition) is 4. The van der Waals surface area contributed by atoms with Crippen LogP contribution >= 0.6 is 0 Å². The molecule has 0 spiro atoms. The predicted octanol–water partition coefficient (Wildman–Crippen LogP) is 2.27. The molecule has 0 amide bonds. The molecule has 0 saturated carbocycles. The first kappa shape index (κ1) is 48.3. The average Bonchev–Trinajstić information content (AvgIpc) is 3.11. The van der Waals surface area contributed by atoms with Gasteiger partial charge in [0.2, 0.25) is 0 Å². The normalized spacial score (nSPS) is 22.6. The predicted molar refractivity (Wildman–Crippen MR) is 211 cm³/mol. The molecule has 0 aromatic rings. The molecule has 0 aromatic carbocycles. The Morgan fingerprint density at radius 2 is 0.821 bits per heavy atom. The fraction of sp³-hybridized carbons (Fsp3) is 0.385. The van der Waals surface area contributed by atoms with E-state index in [9.17, 15) is 14.4 Å². The van der Waals surface area contributed by atoms with Crippen LogP contribution in [0.4, 0.5) is 0 Å². The molecule has 0 saturated heterocycles. The van der Waals surface area contributed by atoms with Crippen LogP contribution in [0.5, 0.6) is 0 Å². The number of hydrogen-bond acceptors (Lipinski definition) is 13. The summed E-state index contributed by atoms with van der Waals surface area (Å²) in [5.74, 6) is -0.167. The Balaban J connectivity index is 0.00000172. The maximum Gasteiger partial charge on any atom is 2.00 e. The molecule has 4 N–H and O–H groups in total. The molecular formula is C39H49GdN9O6Zn+2. The smallest absolute Gasteiger partial charge is 0.389 e. The third-order valence-corrected chi connectivity index (χ3v) is 8.69. The van der Waals surface area contributed by atoms with Gasteiger partial charge >= 0.3 is 39.9 Å². The summed E-state index contributed by atoms with van der Waals surface area (Å²) in [5.41, 5.74) is 6.47. The van der Waals surface area contributed by atoms with Gasteiger partial charge in [0.05, 0.1) is 19.6 Å². The van der Waals surface area contributed by atoms with E-state index in [4.69, 9.17) is 15.3 Å². The molecule has 6 rings (SSSR count). The van der Waals surface area contributed by atoms with E-state index in [-0.39, 0.29) is 76.8 Å². The zero-order chi connectivity index (χ0) is 38.9. The third-order valence-electron chi connectivity index (χ3n) is 8.69. The number of carbonyl (C=O) groups excluding carboxylic acids is 3. The fourth-order valence-electron chi connectivity index (χ4n) is 6.07. The Bertz CT molecular complexity index is 1650. The summed E-state index contributed by atoms with van der Waals surface area (Å²) in [6.07, 6.45) is 21.7. The van der Waals surface area contributed by atoms with Crippen molar-refractivity contribution in [2.24, 2.45) is 15.0 Å². The second-order valence-corrected chi connectivity index (χ2v) is 13.1. The van der Waals surface area contributed by atoms with Crippen molar-refractivity contribution in [3.05, 3.63) is 115 Å². The zero-order valence-electron chi connectivity index (χ0n) is 32.1. The van der Waals surface area contributed by atoms with Gasteiger partial charge in [0, 0.05) is 149 Å². The van der Waals surface area contributed by atoms with Crippen LogP contribution in [0.2, 0.25) is 0 Å². The molecule has 0 atom stereocenters. The minimum absolute atomic E-state index is 0. The number of Topliss-reactive ketones (excluding diaryl/α,β-unsaturated/α-hetero) is 3. The van der Waals surface area contributed by atoms with E-state index in [1.54, 1.807) is 37.2 Å². The second-order valence-electron chi connectivity index (χ2n) is 13.1. The minimum Gasteiger partial charge on any atom is -0.389 e. The first-order valence-electron chi connectivity index (χ1n) is 17.9. The van der Waals surface area contributed by atoms with Crippen molar-refractivity contribution in [2.45, 2.75) is 20.8 Å². The molecule has 0 radical (unpaired) electrons. The zero-order valence-corrected chi connectivity index (χ0v) is 37.4. The molecular weight excluding hydrogens is 913 g/mol. The van der Waals surface area contributed by atoms with Gasteiger partial charge in [-0.15, -0.1) is 10.1 Å². The van der Waals surface area contributed by atoms with E-state index in [0.29, 0.717) is 112 Å². The van der Waals surface area contributed by atoms with Crippen molar-refractivity contribution in [1.29, 1.82) is 0 Å². The van der Waals surface area contributed by atoms with Crippen molar-refractivity contribution in [1.82, 2.24) is 25.8 Å². The standard InChI is InChI=1S/C39H48N8O3.Gd.HNO3.Zn/c1-28-16-31-22-40-4-10-46-12-6-42-24-33-18-29(2)19-34(38(33)49)25-43-7-13-47(11-5-41-23-32(17-28)37(31)48)15-9-45-27-36-21-30(3)20-35(39(36)50)26-44-8-14-46;;2-1(3)4;/h16-27,40,42,44H,4-15H2,1-3H3;;(H,2,3,4);/q;+2;;. The van der Waals surface area contributed by atoms with Crippen LogP contribution in [0.25, 0.3) is 0 Å². The van der Waals surface area contributed by atoms with Crippen molar-refractivity contribution in [3.63, 3.8) is 0 Å².